The van der Waals surface area contributed by atoms with Crippen molar-refractivity contribution in [2.75, 3.05) is 33.4 Å². The molecule has 3 atom stereocenters. The Morgan fingerprint density at radius 3 is 2.71 bits per heavy atom. The lowest BCUT2D eigenvalue weighted by Gasteiger charge is -2.51. The van der Waals surface area contributed by atoms with Crippen LogP contribution in [0, 0.1) is 17.6 Å². The Kier molecular flexibility index (Phi) is 4.04. The van der Waals surface area contributed by atoms with Crippen molar-refractivity contribution in [1.82, 2.24) is 9.80 Å². The molecule has 0 aromatic heterocycles. The Morgan fingerprint density at radius 1 is 1.25 bits per heavy atom. The van der Waals surface area contributed by atoms with Crippen molar-refractivity contribution in [3.63, 3.8) is 0 Å². The van der Waals surface area contributed by atoms with E-state index in [1.807, 2.05) is 4.90 Å². The molecule has 0 N–H and O–H groups in total. The van der Waals surface area contributed by atoms with Gasteiger partial charge in [-0.05, 0) is 43.5 Å². The molecule has 0 saturated carbocycles. The summed E-state index contributed by atoms with van der Waals surface area (Å²) in [5.41, 5.74) is 0.394. The molecule has 0 unspecified atom stereocenters. The number of fused-ring (bicyclic) bond motifs is 2. The highest BCUT2D eigenvalue weighted by Crippen LogP contribution is 2.47. The van der Waals surface area contributed by atoms with Crippen LogP contribution < -0.4 is 0 Å². The molecule has 4 aliphatic heterocycles. The first-order valence-corrected chi connectivity index (χ1v) is 8.58. The summed E-state index contributed by atoms with van der Waals surface area (Å²) in [4.78, 5) is 16.7. The third kappa shape index (κ3) is 2.35. The fourth-order valence-electron chi connectivity index (χ4n) is 4.99. The number of ether oxygens (including phenoxy) is 1. The van der Waals surface area contributed by atoms with Crippen molar-refractivity contribution in [3.8, 4) is 0 Å². The van der Waals surface area contributed by atoms with Crippen LogP contribution in [0.1, 0.15) is 24.3 Å². The van der Waals surface area contributed by atoms with Crippen LogP contribution in [0.2, 0.25) is 0 Å². The van der Waals surface area contributed by atoms with Crippen LogP contribution in [0.25, 0.3) is 0 Å². The topological polar surface area (TPSA) is 32.8 Å². The molecule has 0 aliphatic carbocycles. The molecule has 1 amide bonds. The Hall–Kier alpha value is -1.53. The number of hydrogen-bond donors (Lipinski definition) is 0. The number of rotatable bonds is 3. The predicted molar refractivity (Wildman–Crippen MR) is 84.6 cm³/mol. The first-order valence-electron chi connectivity index (χ1n) is 8.58. The van der Waals surface area contributed by atoms with Crippen molar-refractivity contribution in [1.29, 1.82) is 0 Å². The molecule has 4 saturated heterocycles. The second-order valence-electron chi connectivity index (χ2n) is 7.08. The Bertz CT molecular complexity index is 646. The molecule has 0 radical (unpaired) electrons. The van der Waals surface area contributed by atoms with Gasteiger partial charge in [0.1, 0.15) is 6.61 Å². The molecular formula is C18H22F2N2O2. The van der Waals surface area contributed by atoms with Gasteiger partial charge in [-0.15, -0.1) is 0 Å². The zero-order chi connectivity index (χ0) is 16.8. The maximum absolute atomic E-state index is 14.4. The van der Waals surface area contributed by atoms with Gasteiger partial charge < -0.3 is 9.64 Å². The van der Waals surface area contributed by atoms with Crippen LogP contribution in [0.5, 0.6) is 0 Å². The van der Waals surface area contributed by atoms with Crippen molar-refractivity contribution in [2.45, 2.75) is 30.8 Å². The van der Waals surface area contributed by atoms with Crippen molar-refractivity contribution >= 4 is 5.91 Å². The number of methoxy groups -OCH3 is 1. The highest BCUT2D eigenvalue weighted by Gasteiger charge is 2.55. The van der Waals surface area contributed by atoms with E-state index in [-0.39, 0.29) is 30.5 Å². The SMILES string of the molecule is COCC(=O)N1C[C@H](c2cccc(F)c2F)[C@H]2[C@@H]1C1CCN2CC1. The summed E-state index contributed by atoms with van der Waals surface area (Å²) in [6.07, 6.45) is 2.13. The van der Waals surface area contributed by atoms with E-state index in [0.29, 0.717) is 18.0 Å². The molecule has 1 aromatic carbocycles. The van der Waals surface area contributed by atoms with Gasteiger partial charge in [0.2, 0.25) is 5.91 Å². The summed E-state index contributed by atoms with van der Waals surface area (Å²) in [5.74, 6) is -1.38. The monoisotopic (exact) mass is 336 g/mol. The van der Waals surface area contributed by atoms with Crippen molar-refractivity contribution in [2.24, 2.45) is 5.92 Å². The quantitative estimate of drug-likeness (QED) is 0.846. The predicted octanol–water partition coefficient (Wildman–Crippen LogP) is 2.00. The van der Waals surface area contributed by atoms with Gasteiger partial charge >= 0.3 is 0 Å². The normalized spacial score (nSPS) is 34.5. The third-order valence-electron chi connectivity index (χ3n) is 5.96. The summed E-state index contributed by atoms with van der Waals surface area (Å²) >= 11 is 0. The van der Waals surface area contributed by atoms with Gasteiger partial charge in [0.15, 0.2) is 11.6 Å². The number of piperidine rings is 3. The molecule has 4 fully saturated rings. The smallest absolute Gasteiger partial charge is 0.248 e. The summed E-state index contributed by atoms with van der Waals surface area (Å²) in [6, 6.07) is 4.52. The molecule has 4 heterocycles. The molecule has 4 aliphatic rings. The number of carbonyl (C=O) groups excluding carboxylic acids is 1. The first kappa shape index (κ1) is 16.0. The molecule has 6 heteroatoms. The molecule has 2 bridgehead atoms. The zero-order valence-corrected chi connectivity index (χ0v) is 13.8. The van der Waals surface area contributed by atoms with E-state index in [4.69, 9.17) is 4.74 Å². The third-order valence-corrected chi connectivity index (χ3v) is 5.96. The van der Waals surface area contributed by atoms with Crippen LogP contribution in [-0.2, 0) is 9.53 Å². The van der Waals surface area contributed by atoms with Crippen LogP contribution in [0.4, 0.5) is 8.78 Å². The molecular weight excluding hydrogens is 314 g/mol. The lowest BCUT2D eigenvalue weighted by molar-refractivity contribution is -0.139. The van der Waals surface area contributed by atoms with Gasteiger partial charge in [0, 0.05) is 25.6 Å². The highest BCUT2D eigenvalue weighted by molar-refractivity contribution is 5.78. The number of benzene rings is 1. The van der Waals surface area contributed by atoms with Crippen LogP contribution in [0.15, 0.2) is 18.2 Å². The van der Waals surface area contributed by atoms with Crippen LogP contribution in [0.3, 0.4) is 0 Å². The second kappa shape index (κ2) is 6.08. The van der Waals surface area contributed by atoms with E-state index in [0.717, 1.165) is 32.0 Å². The maximum Gasteiger partial charge on any atom is 0.248 e. The molecule has 24 heavy (non-hydrogen) atoms. The zero-order valence-electron chi connectivity index (χ0n) is 13.8. The highest BCUT2D eigenvalue weighted by atomic mass is 19.2. The Labute approximate surface area is 140 Å². The van der Waals surface area contributed by atoms with E-state index >= 15 is 0 Å². The summed E-state index contributed by atoms with van der Waals surface area (Å²) in [5, 5.41) is 0. The minimum atomic E-state index is -0.818. The number of nitrogens with zero attached hydrogens (tertiary/aromatic N) is 2. The maximum atomic E-state index is 14.4. The lowest BCUT2D eigenvalue weighted by atomic mass is 9.75. The molecule has 0 spiro atoms. The van der Waals surface area contributed by atoms with Gasteiger partial charge in [0.25, 0.3) is 0 Å². The van der Waals surface area contributed by atoms with Crippen LogP contribution in [-0.4, -0.2) is 61.1 Å². The standard InChI is InChI=1S/C18H22F2N2O2/c1-24-10-15(23)22-9-13(12-3-2-4-14(19)16(12)20)18-17(22)11-5-7-21(18)8-6-11/h2-4,11,13,17-18H,5-10H2,1H3/t13-,17+,18+/m1/s1. The van der Waals surface area contributed by atoms with E-state index in [1.165, 1.54) is 7.11 Å². The fraction of sp³-hybridized carbons (Fsp3) is 0.611. The van der Waals surface area contributed by atoms with Gasteiger partial charge in [0.05, 0.1) is 6.04 Å². The molecule has 130 valence electrons. The van der Waals surface area contributed by atoms with Gasteiger partial charge in [-0.3, -0.25) is 9.69 Å². The summed E-state index contributed by atoms with van der Waals surface area (Å²) in [7, 11) is 1.51. The van der Waals surface area contributed by atoms with E-state index < -0.39 is 11.6 Å². The lowest BCUT2D eigenvalue weighted by Crippen LogP contribution is -2.61. The number of amides is 1. The second-order valence-corrected chi connectivity index (χ2v) is 7.08. The van der Waals surface area contributed by atoms with Crippen molar-refractivity contribution < 1.29 is 18.3 Å². The number of hydrogen-bond acceptors (Lipinski definition) is 3. The molecule has 5 rings (SSSR count). The average Bonchev–Trinajstić information content (AvgIpc) is 3.01. The summed E-state index contributed by atoms with van der Waals surface area (Å²) < 4.78 is 33.2. The van der Waals surface area contributed by atoms with Gasteiger partial charge in [-0.25, -0.2) is 8.78 Å². The van der Waals surface area contributed by atoms with Gasteiger partial charge in [-0.1, -0.05) is 12.1 Å². The fourth-order valence-corrected chi connectivity index (χ4v) is 4.99. The summed E-state index contributed by atoms with van der Waals surface area (Å²) in [6.45, 7) is 2.43. The average molecular weight is 336 g/mol. The number of likely N-dealkylation sites (tertiary alicyclic amines) is 1. The van der Waals surface area contributed by atoms with E-state index in [9.17, 15) is 13.6 Å². The largest absolute Gasteiger partial charge is 0.375 e. The number of carbonyl (C=O) groups is 1. The molecule has 1 aromatic rings. The minimum Gasteiger partial charge on any atom is -0.375 e. The van der Waals surface area contributed by atoms with Gasteiger partial charge in [-0.2, -0.15) is 0 Å². The number of halogens is 2. The van der Waals surface area contributed by atoms with Crippen molar-refractivity contribution in [3.05, 3.63) is 35.4 Å². The Balaban J connectivity index is 1.72. The van der Waals surface area contributed by atoms with Crippen LogP contribution >= 0.6 is 0 Å². The first-order chi connectivity index (χ1) is 11.6. The Morgan fingerprint density at radius 2 is 2.00 bits per heavy atom. The molecule has 4 nitrogen and oxygen atoms in total. The van der Waals surface area contributed by atoms with E-state index in [1.54, 1.807) is 12.1 Å². The minimum absolute atomic E-state index is 0.0360. The van der Waals surface area contributed by atoms with E-state index in [2.05, 4.69) is 4.90 Å².